The van der Waals surface area contributed by atoms with Gasteiger partial charge < -0.3 is 14.6 Å². The standard InChI is InChI=1S/C26H24ClN3O5/c1-15-5-7-16(8-6-15)20-13-21(30(29-20)24(31)3-2-4-25(32)33)18-11-17-12-22-23(35-10-9-34-22)14-19(17)28-26(18)27/h5-8,11-12,14,21H,2-4,9-10,13H2,1H3,(H,32,33). The number of hydrazone groups is 1. The van der Waals surface area contributed by atoms with Gasteiger partial charge in [0.1, 0.15) is 18.4 Å². The molecule has 3 heterocycles. The summed E-state index contributed by atoms with van der Waals surface area (Å²) in [7, 11) is 0. The van der Waals surface area contributed by atoms with Crippen molar-refractivity contribution in [1.29, 1.82) is 0 Å². The molecule has 5 rings (SSSR count). The predicted octanol–water partition coefficient (Wildman–Crippen LogP) is 4.90. The lowest BCUT2D eigenvalue weighted by Crippen LogP contribution is -2.27. The Balaban J connectivity index is 1.51. The van der Waals surface area contributed by atoms with Crippen LogP contribution < -0.4 is 9.47 Å². The third-order valence-electron chi connectivity index (χ3n) is 6.15. The van der Waals surface area contributed by atoms with Crippen molar-refractivity contribution in [2.45, 2.75) is 38.6 Å². The lowest BCUT2D eigenvalue weighted by atomic mass is 9.97. The third-order valence-corrected chi connectivity index (χ3v) is 6.45. The van der Waals surface area contributed by atoms with E-state index >= 15 is 0 Å². The number of carboxylic acids is 1. The van der Waals surface area contributed by atoms with E-state index in [0.717, 1.165) is 22.2 Å². The minimum atomic E-state index is -0.934. The fraction of sp³-hybridized carbons (Fsp3) is 0.308. The highest BCUT2D eigenvalue weighted by Gasteiger charge is 2.35. The van der Waals surface area contributed by atoms with Crippen LogP contribution in [0.5, 0.6) is 11.5 Å². The van der Waals surface area contributed by atoms with Crippen molar-refractivity contribution in [2.24, 2.45) is 5.10 Å². The number of carboxylic acid groups (broad SMARTS) is 1. The molecule has 35 heavy (non-hydrogen) atoms. The number of amides is 1. The van der Waals surface area contributed by atoms with Gasteiger partial charge in [0, 0.05) is 36.3 Å². The number of carbonyl (C=O) groups is 2. The fourth-order valence-electron chi connectivity index (χ4n) is 4.35. The number of ether oxygens (including phenoxy) is 2. The van der Waals surface area contributed by atoms with Gasteiger partial charge in [-0.15, -0.1) is 0 Å². The van der Waals surface area contributed by atoms with E-state index in [-0.39, 0.29) is 30.3 Å². The molecule has 1 unspecified atom stereocenters. The Morgan fingerprint density at radius 2 is 1.80 bits per heavy atom. The summed E-state index contributed by atoms with van der Waals surface area (Å²) in [5.41, 5.74) is 4.15. The highest BCUT2D eigenvalue weighted by Crippen LogP contribution is 2.40. The number of hydrogen-bond donors (Lipinski definition) is 1. The summed E-state index contributed by atoms with van der Waals surface area (Å²) < 4.78 is 11.4. The molecule has 2 aliphatic heterocycles. The highest BCUT2D eigenvalue weighted by molar-refractivity contribution is 6.30. The fourth-order valence-corrected chi connectivity index (χ4v) is 4.62. The van der Waals surface area contributed by atoms with Crippen molar-refractivity contribution in [1.82, 2.24) is 9.99 Å². The number of carbonyl (C=O) groups excluding carboxylic acids is 1. The Kier molecular flexibility index (Phi) is 6.30. The molecule has 1 N–H and O–H groups in total. The van der Waals surface area contributed by atoms with Crippen LogP contribution in [0.15, 0.2) is 47.6 Å². The number of benzene rings is 2. The highest BCUT2D eigenvalue weighted by atomic mass is 35.5. The molecule has 1 amide bonds. The molecule has 0 saturated carbocycles. The normalized spacial score (nSPS) is 16.9. The maximum absolute atomic E-state index is 13.1. The van der Waals surface area contributed by atoms with E-state index < -0.39 is 12.0 Å². The van der Waals surface area contributed by atoms with Crippen molar-refractivity contribution in [3.8, 4) is 11.5 Å². The molecule has 3 aromatic rings. The van der Waals surface area contributed by atoms with E-state index in [2.05, 4.69) is 10.1 Å². The van der Waals surface area contributed by atoms with Crippen LogP contribution in [0.25, 0.3) is 10.9 Å². The van der Waals surface area contributed by atoms with Crippen LogP contribution in [-0.4, -0.2) is 45.9 Å². The molecule has 180 valence electrons. The summed E-state index contributed by atoms with van der Waals surface area (Å²) >= 11 is 6.65. The van der Waals surface area contributed by atoms with Crippen LogP contribution in [-0.2, 0) is 9.59 Å². The minimum Gasteiger partial charge on any atom is -0.486 e. The summed E-state index contributed by atoms with van der Waals surface area (Å²) in [5, 5.41) is 16.1. The van der Waals surface area contributed by atoms with Gasteiger partial charge >= 0.3 is 5.97 Å². The first-order chi connectivity index (χ1) is 16.9. The molecule has 0 fully saturated rings. The van der Waals surface area contributed by atoms with Crippen LogP contribution in [0.3, 0.4) is 0 Å². The second-order valence-electron chi connectivity index (χ2n) is 8.68. The monoisotopic (exact) mass is 493 g/mol. The number of fused-ring (bicyclic) bond motifs is 2. The average molecular weight is 494 g/mol. The Hall–Kier alpha value is -3.65. The molecule has 0 aliphatic carbocycles. The SMILES string of the molecule is Cc1ccc(C2=NN(C(=O)CCCC(=O)O)C(c3cc4cc5c(cc4nc3Cl)OCCO5)C2)cc1. The van der Waals surface area contributed by atoms with E-state index in [0.29, 0.717) is 42.2 Å². The van der Waals surface area contributed by atoms with E-state index in [1.165, 1.54) is 5.01 Å². The molecule has 8 nitrogen and oxygen atoms in total. The first-order valence-electron chi connectivity index (χ1n) is 11.5. The van der Waals surface area contributed by atoms with Gasteiger partial charge in [0.05, 0.1) is 17.3 Å². The van der Waals surface area contributed by atoms with E-state index in [9.17, 15) is 9.59 Å². The second-order valence-corrected chi connectivity index (χ2v) is 9.03. The smallest absolute Gasteiger partial charge is 0.303 e. The largest absolute Gasteiger partial charge is 0.486 e. The van der Waals surface area contributed by atoms with Crippen LogP contribution in [0, 0.1) is 6.92 Å². The number of hydrogen-bond acceptors (Lipinski definition) is 6. The zero-order valence-corrected chi connectivity index (χ0v) is 19.9. The maximum Gasteiger partial charge on any atom is 0.303 e. The zero-order valence-electron chi connectivity index (χ0n) is 19.2. The van der Waals surface area contributed by atoms with E-state index in [1.807, 2.05) is 43.3 Å². The molecular formula is C26H24ClN3O5. The minimum absolute atomic E-state index is 0.0742. The van der Waals surface area contributed by atoms with Gasteiger partial charge in [0.15, 0.2) is 11.5 Å². The molecule has 0 radical (unpaired) electrons. The summed E-state index contributed by atoms with van der Waals surface area (Å²) in [6, 6.07) is 13.1. The van der Waals surface area contributed by atoms with Crippen molar-refractivity contribution in [3.63, 3.8) is 0 Å². The van der Waals surface area contributed by atoms with Crippen LogP contribution >= 0.6 is 11.6 Å². The number of rotatable bonds is 6. The number of aryl methyl sites for hydroxylation is 1. The quantitative estimate of drug-likeness (QED) is 0.490. The molecule has 1 atom stereocenters. The summed E-state index contributed by atoms with van der Waals surface area (Å²) in [6.45, 7) is 2.96. The van der Waals surface area contributed by atoms with Crippen LogP contribution in [0.4, 0.5) is 0 Å². The van der Waals surface area contributed by atoms with Crippen molar-refractivity contribution < 1.29 is 24.2 Å². The topological polar surface area (TPSA) is 101 Å². The van der Waals surface area contributed by atoms with Crippen molar-refractivity contribution in [2.75, 3.05) is 13.2 Å². The van der Waals surface area contributed by atoms with Crippen LogP contribution in [0.2, 0.25) is 5.15 Å². The van der Waals surface area contributed by atoms with Gasteiger partial charge in [-0.3, -0.25) is 9.59 Å². The molecule has 2 aliphatic rings. The zero-order chi connectivity index (χ0) is 24.5. The molecule has 0 saturated heterocycles. The number of pyridine rings is 1. The summed E-state index contributed by atoms with van der Waals surface area (Å²) in [4.78, 5) is 28.6. The van der Waals surface area contributed by atoms with E-state index in [4.69, 9.17) is 26.2 Å². The first-order valence-corrected chi connectivity index (χ1v) is 11.8. The van der Waals surface area contributed by atoms with Gasteiger partial charge in [-0.2, -0.15) is 5.10 Å². The maximum atomic E-state index is 13.1. The van der Waals surface area contributed by atoms with Crippen LogP contribution in [0.1, 0.15) is 48.4 Å². The number of aliphatic carboxylic acids is 1. The van der Waals surface area contributed by atoms with Gasteiger partial charge in [-0.1, -0.05) is 41.4 Å². The molecule has 1 aromatic heterocycles. The number of halogens is 1. The van der Waals surface area contributed by atoms with Crippen molar-refractivity contribution >= 4 is 40.1 Å². The molecule has 9 heteroatoms. The first kappa shape index (κ1) is 23.1. The molecular weight excluding hydrogens is 470 g/mol. The number of nitrogens with zero attached hydrogens (tertiary/aromatic N) is 3. The predicted molar refractivity (Wildman–Crippen MR) is 131 cm³/mol. The molecule has 2 aromatic carbocycles. The Bertz CT molecular complexity index is 1340. The van der Waals surface area contributed by atoms with Crippen molar-refractivity contribution in [3.05, 3.63) is 64.3 Å². The Morgan fingerprint density at radius 1 is 1.09 bits per heavy atom. The second kappa shape index (κ2) is 9.54. The van der Waals surface area contributed by atoms with Gasteiger partial charge in [-0.25, -0.2) is 9.99 Å². The lowest BCUT2D eigenvalue weighted by molar-refractivity contribution is -0.137. The summed E-state index contributed by atoms with van der Waals surface area (Å²) in [6.07, 6.45) is 0.695. The number of aromatic nitrogens is 1. The average Bonchev–Trinajstić information content (AvgIpc) is 3.28. The summed E-state index contributed by atoms with van der Waals surface area (Å²) in [5.74, 6) is 0.0808. The molecule has 0 spiro atoms. The molecule has 0 bridgehead atoms. The van der Waals surface area contributed by atoms with Gasteiger partial charge in [0.2, 0.25) is 5.91 Å². The van der Waals surface area contributed by atoms with Gasteiger partial charge in [0.25, 0.3) is 0 Å². The van der Waals surface area contributed by atoms with Gasteiger partial charge in [-0.05, 0) is 31.0 Å². The van der Waals surface area contributed by atoms with E-state index in [1.54, 1.807) is 6.07 Å². The Labute approximate surface area is 207 Å². The lowest BCUT2D eigenvalue weighted by Gasteiger charge is -2.23. The third kappa shape index (κ3) is 4.79. The Morgan fingerprint density at radius 3 is 2.51 bits per heavy atom.